The number of carbonyl (C=O) groups excluding carboxylic acids is 1. The zero-order chi connectivity index (χ0) is 10.7. The van der Waals surface area contributed by atoms with Crippen molar-refractivity contribution in [2.45, 2.75) is 24.4 Å². The van der Waals surface area contributed by atoms with E-state index in [4.69, 9.17) is 4.84 Å². The molecule has 0 aliphatic carbocycles. The molecule has 0 radical (unpaired) electrons. The maximum atomic E-state index is 11.4. The second-order valence-electron chi connectivity index (χ2n) is 3.45. The van der Waals surface area contributed by atoms with Crippen LogP contribution in [0.15, 0.2) is 30.3 Å². The Morgan fingerprint density at radius 2 is 2.13 bits per heavy atom. The van der Waals surface area contributed by atoms with Gasteiger partial charge in [0.1, 0.15) is 11.6 Å². The van der Waals surface area contributed by atoms with Crippen LogP contribution in [0.3, 0.4) is 0 Å². The van der Waals surface area contributed by atoms with E-state index in [1.165, 1.54) is 5.06 Å². The predicted octanol–water partition coefficient (Wildman–Crippen LogP) is 2.46. The molecular weight excluding hydrogens is 258 g/mol. The minimum Gasteiger partial charge on any atom is -0.273 e. The molecule has 15 heavy (non-hydrogen) atoms. The first kappa shape index (κ1) is 10.6. The lowest BCUT2D eigenvalue weighted by Crippen LogP contribution is -2.29. The zero-order valence-electron chi connectivity index (χ0n) is 8.23. The first-order valence-corrected chi connectivity index (χ1v) is 5.82. The number of hydrogen-bond donors (Lipinski definition) is 0. The lowest BCUT2D eigenvalue weighted by atomic mass is 10.2. The molecule has 1 fully saturated rings. The number of halogens is 1. The van der Waals surface area contributed by atoms with E-state index in [0.29, 0.717) is 13.0 Å². The van der Waals surface area contributed by atoms with Crippen LogP contribution in [0.2, 0.25) is 0 Å². The SMILES string of the molecule is O=C1CCC(Br)N1OCc1ccccc1. The molecule has 1 heterocycles. The Morgan fingerprint density at radius 1 is 1.40 bits per heavy atom. The quantitative estimate of drug-likeness (QED) is 0.623. The molecule has 1 aliphatic rings. The van der Waals surface area contributed by atoms with Gasteiger partial charge in [0.15, 0.2) is 0 Å². The van der Waals surface area contributed by atoms with E-state index in [1.54, 1.807) is 0 Å². The highest BCUT2D eigenvalue weighted by atomic mass is 79.9. The molecule has 2 rings (SSSR count). The number of amides is 1. The van der Waals surface area contributed by atoms with Gasteiger partial charge in [0.2, 0.25) is 5.91 Å². The van der Waals surface area contributed by atoms with Crippen molar-refractivity contribution >= 4 is 21.8 Å². The van der Waals surface area contributed by atoms with E-state index in [9.17, 15) is 4.79 Å². The fourth-order valence-corrected chi connectivity index (χ4v) is 2.07. The third kappa shape index (κ3) is 2.58. The third-order valence-electron chi connectivity index (χ3n) is 2.31. The molecule has 1 amide bonds. The second kappa shape index (κ2) is 4.77. The van der Waals surface area contributed by atoms with Gasteiger partial charge in [0, 0.05) is 6.42 Å². The van der Waals surface area contributed by atoms with Crippen LogP contribution in [0.5, 0.6) is 0 Å². The number of alkyl halides is 1. The number of nitrogens with zero attached hydrogens (tertiary/aromatic N) is 1. The monoisotopic (exact) mass is 269 g/mol. The average Bonchev–Trinajstić information content (AvgIpc) is 2.58. The Bertz CT molecular complexity index is 342. The minimum absolute atomic E-state index is 0.0220. The lowest BCUT2D eigenvalue weighted by molar-refractivity contribution is -0.185. The smallest absolute Gasteiger partial charge is 0.247 e. The van der Waals surface area contributed by atoms with Gasteiger partial charge in [0.25, 0.3) is 0 Å². The highest BCUT2D eigenvalue weighted by molar-refractivity contribution is 9.09. The van der Waals surface area contributed by atoms with Gasteiger partial charge in [-0.25, -0.2) is 5.06 Å². The lowest BCUT2D eigenvalue weighted by Gasteiger charge is -2.19. The van der Waals surface area contributed by atoms with Gasteiger partial charge in [-0.15, -0.1) is 0 Å². The Balaban J connectivity index is 1.91. The highest BCUT2D eigenvalue weighted by Crippen LogP contribution is 2.24. The topological polar surface area (TPSA) is 29.5 Å². The molecule has 1 aromatic rings. The standard InChI is InChI=1S/C11H12BrNO2/c12-10-6-7-11(14)13(10)15-8-9-4-2-1-3-5-9/h1-5,10H,6-8H2. The van der Waals surface area contributed by atoms with E-state index < -0.39 is 0 Å². The van der Waals surface area contributed by atoms with Crippen molar-refractivity contribution in [2.75, 3.05) is 0 Å². The van der Waals surface area contributed by atoms with Gasteiger partial charge in [-0.05, 0) is 12.0 Å². The van der Waals surface area contributed by atoms with Crippen LogP contribution in [0.25, 0.3) is 0 Å². The summed E-state index contributed by atoms with van der Waals surface area (Å²) in [4.78, 5) is 16.8. The van der Waals surface area contributed by atoms with Crippen LogP contribution < -0.4 is 0 Å². The van der Waals surface area contributed by atoms with E-state index >= 15 is 0 Å². The van der Waals surface area contributed by atoms with Gasteiger partial charge < -0.3 is 0 Å². The summed E-state index contributed by atoms with van der Waals surface area (Å²) in [5.74, 6) is 0.0489. The van der Waals surface area contributed by atoms with Crippen molar-refractivity contribution in [1.29, 1.82) is 0 Å². The summed E-state index contributed by atoms with van der Waals surface area (Å²) in [7, 11) is 0. The van der Waals surface area contributed by atoms with E-state index in [2.05, 4.69) is 15.9 Å². The number of hydrogen-bond acceptors (Lipinski definition) is 2. The second-order valence-corrected chi connectivity index (χ2v) is 4.51. The molecule has 0 N–H and O–H groups in total. The maximum absolute atomic E-state index is 11.4. The summed E-state index contributed by atoms with van der Waals surface area (Å²) in [6.45, 7) is 0.439. The molecule has 1 unspecified atom stereocenters. The van der Waals surface area contributed by atoms with Crippen molar-refractivity contribution in [2.24, 2.45) is 0 Å². The fourth-order valence-electron chi connectivity index (χ4n) is 1.50. The fraction of sp³-hybridized carbons (Fsp3) is 0.364. The Kier molecular flexibility index (Phi) is 3.38. The van der Waals surface area contributed by atoms with Crippen molar-refractivity contribution in [3.8, 4) is 0 Å². The molecule has 0 bridgehead atoms. The largest absolute Gasteiger partial charge is 0.273 e. The first-order valence-electron chi connectivity index (χ1n) is 4.90. The Morgan fingerprint density at radius 3 is 2.73 bits per heavy atom. The summed E-state index contributed by atoms with van der Waals surface area (Å²) in [5.41, 5.74) is 1.07. The number of carbonyl (C=O) groups is 1. The number of hydroxylamine groups is 2. The van der Waals surface area contributed by atoms with Gasteiger partial charge >= 0.3 is 0 Å². The summed E-state index contributed by atoms with van der Waals surface area (Å²) >= 11 is 3.40. The number of rotatable bonds is 3. The molecule has 3 nitrogen and oxygen atoms in total. The molecule has 1 aromatic carbocycles. The van der Waals surface area contributed by atoms with Crippen LogP contribution in [-0.2, 0) is 16.2 Å². The normalized spacial score (nSPS) is 21.0. The molecular formula is C11H12BrNO2. The summed E-state index contributed by atoms with van der Waals surface area (Å²) in [6, 6.07) is 9.82. The Labute approximate surface area is 97.1 Å². The average molecular weight is 270 g/mol. The molecule has 1 atom stereocenters. The molecule has 0 spiro atoms. The van der Waals surface area contributed by atoms with Crippen molar-refractivity contribution < 1.29 is 9.63 Å². The molecule has 1 saturated heterocycles. The van der Waals surface area contributed by atoms with Crippen molar-refractivity contribution in [3.05, 3.63) is 35.9 Å². The van der Waals surface area contributed by atoms with Gasteiger partial charge in [-0.3, -0.25) is 9.63 Å². The predicted molar refractivity (Wildman–Crippen MR) is 60.0 cm³/mol. The van der Waals surface area contributed by atoms with E-state index in [-0.39, 0.29) is 10.9 Å². The van der Waals surface area contributed by atoms with Crippen LogP contribution in [0.1, 0.15) is 18.4 Å². The highest BCUT2D eigenvalue weighted by Gasteiger charge is 2.29. The molecule has 0 aromatic heterocycles. The molecule has 0 saturated carbocycles. The number of benzene rings is 1. The van der Waals surface area contributed by atoms with Gasteiger partial charge in [-0.1, -0.05) is 46.3 Å². The zero-order valence-corrected chi connectivity index (χ0v) is 9.81. The van der Waals surface area contributed by atoms with Gasteiger partial charge in [0.05, 0.1) is 0 Å². The van der Waals surface area contributed by atoms with Crippen molar-refractivity contribution in [3.63, 3.8) is 0 Å². The summed E-state index contributed by atoms with van der Waals surface area (Å²) < 4.78 is 0. The van der Waals surface area contributed by atoms with Crippen LogP contribution in [0.4, 0.5) is 0 Å². The van der Waals surface area contributed by atoms with Crippen LogP contribution >= 0.6 is 15.9 Å². The first-order chi connectivity index (χ1) is 7.27. The minimum atomic E-state index is 0.0220. The molecule has 1 aliphatic heterocycles. The van der Waals surface area contributed by atoms with Crippen molar-refractivity contribution in [1.82, 2.24) is 5.06 Å². The van der Waals surface area contributed by atoms with Gasteiger partial charge in [-0.2, -0.15) is 0 Å². The molecule has 4 heteroatoms. The summed E-state index contributed by atoms with van der Waals surface area (Å²) in [6.07, 6.45) is 1.37. The van der Waals surface area contributed by atoms with E-state index in [1.807, 2.05) is 30.3 Å². The third-order valence-corrected chi connectivity index (χ3v) is 3.14. The summed E-state index contributed by atoms with van der Waals surface area (Å²) in [5, 5.41) is 1.42. The Hall–Kier alpha value is -0.870. The van der Waals surface area contributed by atoms with E-state index in [0.717, 1.165) is 12.0 Å². The van der Waals surface area contributed by atoms with Crippen LogP contribution in [0, 0.1) is 0 Å². The van der Waals surface area contributed by atoms with Crippen LogP contribution in [-0.4, -0.2) is 15.9 Å². The maximum Gasteiger partial charge on any atom is 0.247 e. The molecule has 80 valence electrons.